The van der Waals surface area contributed by atoms with E-state index in [1.165, 1.54) is 0 Å². The predicted molar refractivity (Wildman–Crippen MR) is 68.4 cm³/mol. The summed E-state index contributed by atoms with van der Waals surface area (Å²) < 4.78 is 0. The lowest BCUT2D eigenvalue weighted by Gasteiger charge is -2.22. The third-order valence-corrected chi connectivity index (χ3v) is 3.65. The van der Waals surface area contributed by atoms with Crippen LogP contribution in [0.4, 0.5) is 4.79 Å². The van der Waals surface area contributed by atoms with Gasteiger partial charge in [0.1, 0.15) is 0 Å². The summed E-state index contributed by atoms with van der Waals surface area (Å²) in [6.45, 7) is 5.27. The molecule has 6 nitrogen and oxygen atoms in total. The van der Waals surface area contributed by atoms with Crippen molar-refractivity contribution in [3.63, 3.8) is 0 Å². The number of carbonyl (C=O) groups is 2. The zero-order chi connectivity index (χ0) is 13.9. The molecule has 0 bridgehead atoms. The summed E-state index contributed by atoms with van der Waals surface area (Å²) in [4.78, 5) is 26.5. The molecule has 3 unspecified atom stereocenters. The van der Waals surface area contributed by atoms with Crippen molar-refractivity contribution in [2.75, 3.05) is 33.7 Å². The first kappa shape index (κ1) is 14.8. The van der Waals surface area contributed by atoms with E-state index in [9.17, 15) is 9.59 Å². The molecule has 3 atom stereocenters. The maximum Gasteiger partial charge on any atom is 0.317 e. The van der Waals surface area contributed by atoms with E-state index in [-0.39, 0.29) is 18.0 Å². The molecule has 104 valence electrons. The fourth-order valence-electron chi connectivity index (χ4n) is 1.98. The van der Waals surface area contributed by atoms with Crippen LogP contribution in [0, 0.1) is 11.8 Å². The van der Waals surface area contributed by atoms with E-state index in [4.69, 9.17) is 5.11 Å². The number of nitrogens with one attached hydrogen (secondary N) is 1. The van der Waals surface area contributed by atoms with Crippen LogP contribution in [0.2, 0.25) is 0 Å². The zero-order valence-corrected chi connectivity index (χ0v) is 11.5. The van der Waals surface area contributed by atoms with E-state index in [1.54, 1.807) is 4.90 Å². The monoisotopic (exact) mass is 257 g/mol. The SMILES string of the molecule is CC1CN(C(=O)NCC(C)N(C)C)CC1C(=O)O. The molecule has 0 saturated carbocycles. The van der Waals surface area contributed by atoms with Crippen LogP contribution in [0.1, 0.15) is 13.8 Å². The van der Waals surface area contributed by atoms with Gasteiger partial charge in [0.05, 0.1) is 5.92 Å². The van der Waals surface area contributed by atoms with Gasteiger partial charge < -0.3 is 20.2 Å². The Hall–Kier alpha value is -1.30. The van der Waals surface area contributed by atoms with Gasteiger partial charge in [-0.2, -0.15) is 0 Å². The number of hydrogen-bond acceptors (Lipinski definition) is 3. The van der Waals surface area contributed by atoms with E-state index < -0.39 is 11.9 Å². The number of aliphatic carboxylic acids is 1. The van der Waals surface area contributed by atoms with Crippen molar-refractivity contribution in [2.45, 2.75) is 19.9 Å². The zero-order valence-electron chi connectivity index (χ0n) is 11.5. The van der Waals surface area contributed by atoms with Crippen LogP contribution in [0.25, 0.3) is 0 Å². The van der Waals surface area contributed by atoms with E-state index in [0.29, 0.717) is 19.6 Å². The second kappa shape index (κ2) is 6.04. The number of carbonyl (C=O) groups excluding carboxylic acids is 1. The minimum Gasteiger partial charge on any atom is -0.481 e. The summed E-state index contributed by atoms with van der Waals surface area (Å²) in [5.74, 6) is -1.25. The topological polar surface area (TPSA) is 72.9 Å². The average Bonchev–Trinajstić information content (AvgIpc) is 2.67. The van der Waals surface area contributed by atoms with Crippen LogP contribution in [-0.4, -0.2) is 66.7 Å². The number of urea groups is 1. The minimum absolute atomic E-state index is 0.0134. The Bertz CT molecular complexity index is 320. The normalized spacial score (nSPS) is 25.3. The van der Waals surface area contributed by atoms with Gasteiger partial charge >= 0.3 is 12.0 Å². The molecule has 1 saturated heterocycles. The lowest BCUT2D eigenvalue weighted by Crippen LogP contribution is -2.44. The first-order chi connectivity index (χ1) is 8.32. The molecule has 2 N–H and O–H groups in total. The summed E-state index contributed by atoms with van der Waals surface area (Å²) in [6.07, 6.45) is 0. The number of amides is 2. The third kappa shape index (κ3) is 3.60. The molecule has 1 fully saturated rings. The van der Waals surface area contributed by atoms with Crippen molar-refractivity contribution in [3.05, 3.63) is 0 Å². The Morgan fingerprint density at radius 2 is 2.06 bits per heavy atom. The fraction of sp³-hybridized carbons (Fsp3) is 0.833. The second-order valence-electron chi connectivity index (χ2n) is 5.33. The van der Waals surface area contributed by atoms with E-state index >= 15 is 0 Å². The van der Waals surface area contributed by atoms with Gasteiger partial charge in [-0.1, -0.05) is 6.92 Å². The molecule has 0 aromatic heterocycles. The van der Waals surface area contributed by atoms with Crippen molar-refractivity contribution in [1.82, 2.24) is 15.1 Å². The molecule has 0 aromatic carbocycles. The summed E-state index contributed by atoms with van der Waals surface area (Å²) in [5, 5.41) is 11.8. The molecule has 1 heterocycles. The van der Waals surface area contributed by atoms with E-state index in [0.717, 1.165) is 0 Å². The average molecular weight is 257 g/mol. The Labute approximate surface area is 108 Å². The lowest BCUT2D eigenvalue weighted by atomic mass is 9.99. The number of carboxylic acids is 1. The van der Waals surface area contributed by atoms with E-state index in [2.05, 4.69) is 5.32 Å². The van der Waals surface area contributed by atoms with Gasteiger partial charge in [-0.25, -0.2) is 4.79 Å². The van der Waals surface area contributed by atoms with Crippen LogP contribution >= 0.6 is 0 Å². The molecular weight excluding hydrogens is 234 g/mol. The molecule has 0 aliphatic carbocycles. The highest BCUT2D eigenvalue weighted by molar-refractivity contribution is 5.77. The maximum atomic E-state index is 11.9. The standard InChI is InChI=1S/C12H23N3O3/c1-8-6-15(7-10(8)11(16)17)12(18)13-5-9(2)14(3)4/h8-10H,5-7H2,1-4H3,(H,13,18)(H,16,17). The highest BCUT2D eigenvalue weighted by atomic mass is 16.4. The number of nitrogens with zero attached hydrogens (tertiary/aromatic N) is 2. The molecule has 2 amide bonds. The molecule has 1 rings (SSSR count). The van der Waals surface area contributed by atoms with Crippen LogP contribution < -0.4 is 5.32 Å². The van der Waals surface area contributed by atoms with Gasteiger partial charge in [0.25, 0.3) is 0 Å². The molecule has 0 spiro atoms. The first-order valence-corrected chi connectivity index (χ1v) is 6.25. The van der Waals surface area contributed by atoms with Gasteiger partial charge in [-0.3, -0.25) is 4.79 Å². The van der Waals surface area contributed by atoms with Gasteiger partial charge in [0.2, 0.25) is 0 Å². The van der Waals surface area contributed by atoms with Crippen LogP contribution in [-0.2, 0) is 4.79 Å². The first-order valence-electron chi connectivity index (χ1n) is 6.25. The Morgan fingerprint density at radius 3 is 2.50 bits per heavy atom. The van der Waals surface area contributed by atoms with Crippen molar-refractivity contribution in [2.24, 2.45) is 11.8 Å². The van der Waals surface area contributed by atoms with E-state index in [1.807, 2.05) is 32.8 Å². The van der Waals surface area contributed by atoms with Gasteiger partial charge in [0, 0.05) is 25.7 Å². The van der Waals surface area contributed by atoms with Crippen LogP contribution in [0.5, 0.6) is 0 Å². The number of likely N-dealkylation sites (tertiary alicyclic amines) is 1. The van der Waals surface area contributed by atoms with Gasteiger partial charge in [-0.05, 0) is 26.9 Å². The highest BCUT2D eigenvalue weighted by Crippen LogP contribution is 2.22. The largest absolute Gasteiger partial charge is 0.481 e. The Morgan fingerprint density at radius 1 is 1.44 bits per heavy atom. The number of rotatable bonds is 4. The molecule has 1 aliphatic rings. The van der Waals surface area contributed by atoms with Gasteiger partial charge in [-0.15, -0.1) is 0 Å². The quantitative estimate of drug-likeness (QED) is 0.759. The van der Waals surface area contributed by atoms with Crippen LogP contribution in [0.3, 0.4) is 0 Å². The molecule has 1 aliphatic heterocycles. The third-order valence-electron chi connectivity index (χ3n) is 3.65. The predicted octanol–water partition coefficient (Wildman–Crippen LogP) is 0.299. The summed E-state index contributed by atoms with van der Waals surface area (Å²) in [5.41, 5.74) is 0. The number of likely N-dealkylation sites (N-methyl/N-ethyl adjacent to an activating group) is 1. The van der Waals surface area contributed by atoms with Crippen molar-refractivity contribution < 1.29 is 14.7 Å². The Balaban J connectivity index is 2.42. The molecule has 18 heavy (non-hydrogen) atoms. The number of hydrogen-bond donors (Lipinski definition) is 2. The summed E-state index contributed by atoms with van der Waals surface area (Å²) >= 11 is 0. The number of carboxylic acid groups (broad SMARTS) is 1. The molecule has 6 heteroatoms. The minimum atomic E-state index is -0.820. The highest BCUT2D eigenvalue weighted by Gasteiger charge is 2.36. The molecule has 0 aromatic rings. The molecular formula is C12H23N3O3. The molecule has 0 radical (unpaired) electrons. The van der Waals surface area contributed by atoms with Crippen molar-refractivity contribution in [3.8, 4) is 0 Å². The van der Waals surface area contributed by atoms with Crippen molar-refractivity contribution in [1.29, 1.82) is 0 Å². The Kier molecular flexibility index (Phi) is 4.95. The smallest absolute Gasteiger partial charge is 0.317 e. The lowest BCUT2D eigenvalue weighted by molar-refractivity contribution is -0.142. The fourth-order valence-corrected chi connectivity index (χ4v) is 1.98. The van der Waals surface area contributed by atoms with Crippen LogP contribution in [0.15, 0.2) is 0 Å². The summed E-state index contributed by atoms with van der Waals surface area (Å²) in [6, 6.07) is 0.0866. The van der Waals surface area contributed by atoms with Gasteiger partial charge in [0.15, 0.2) is 0 Å². The second-order valence-corrected chi connectivity index (χ2v) is 5.33. The maximum absolute atomic E-state index is 11.9. The van der Waals surface area contributed by atoms with Crippen molar-refractivity contribution >= 4 is 12.0 Å². The summed E-state index contributed by atoms with van der Waals surface area (Å²) in [7, 11) is 3.91.